The molecule has 26 heavy (non-hydrogen) atoms. The Morgan fingerprint density at radius 3 is 2.54 bits per heavy atom. The van der Waals surface area contributed by atoms with Gasteiger partial charge >= 0.3 is 0 Å². The number of hydrogen-bond donors (Lipinski definition) is 0. The zero-order chi connectivity index (χ0) is 18.1. The molecule has 3 nitrogen and oxygen atoms in total. The lowest BCUT2D eigenvalue weighted by molar-refractivity contribution is 0.0992. The van der Waals surface area contributed by atoms with Gasteiger partial charge in [0, 0.05) is 29.0 Å². The quantitative estimate of drug-likeness (QED) is 0.467. The number of Topliss-reactive ketones (excluding diaryl/α,β-unsaturated/α-hetero) is 1. The van der Waals surface area contributed by atoms with Gasteiger partial charge in [0.15, 0.2) is 5.78 Å². The number of aryl methyl sites for hydroxylation is 1. The minimum absolute atomic E-state index is 0.0777. The van der Waals surface area contributed by atoms with E-state index < -0.39 is 0 Å². The molecule has 5 heteroatoms. The Kier molecular flexibility index (Phi) is 4.31. The van der Waals surface area contributed by atoms with E-state index in [0.29, 0.717) is 11.3 Å². The third kappa shape index (κ3) is 3.39. The van der Waals surface area contributed by atoms with Crippen LogP contribution in [0.1, 0.15) is 21.1 Å². The number of fused-ring (bicyclic) bond motifs is 1. The number of ketones is 1. The molecule has 0 amide bonds. The topological polar surface area (TPSA) is 42.9 Å². The summed E-state index contributed by atoms with van der Waals surface area (Å²) in [4.78, 5) is 22.2. The Bertz CT molecular complexity index is 1100. The van der Waals surface area contributed by atoms with Crippen molar-refractivity contribution in [1.29, 1.82) is 0 Å². The van der Waals surface area contributed by atoms with Crippen molar-refractivity contribution in [2.24, 2.45) is 0 Å². The predicted octanol–water partition coefficient (Wildman–Crippen LogP) is 5.23. The second-order valence-corrected chi connectivity index (χ2v) is 7.32. The van der Waals surface area contributed by atoms with Crippen LogP contribution in [-0.4, -0.2) is 15.8 Å². The highest BCUT2D eigenvalue weighted by Gasteiger charge is 2.10. The van der Waals surface area contributed by atoms with Crippen LogP contribution in [0.3, 0.4) is 0 Å². The van der Waals surface area contributed by atoms with E-state index in [1.165, 1.54) is 24.3 Å². The van der Waals surface area contributed by atoms with Gasteiger partial charge in [-0.05, 0) is 54.3 Å². The Balaban J connectivity index is 1.63. The van der Waals surface area contributed by atoms with Crippen molar-refractivity contribution in [2.45, 2.75) is 13.3 Å². The molecule has 0 bridgehead atoms. The van der Waals surface area contributed by atoms with Crippen LogP contribution in [0.4, 0.5) is 4.39 Å². The van der Waals surface area contributed by atoms with Gasteiger partial charge in [0.1, 0.15) is 5.82 Å². The molecule has 4 rings (SSSR count). The van der Waals surface area contributed by atoms with Crippen molar-refractivity contribution >= 4 is 27.9 Å². The summed E-state index contributed by atoms with van der Waals surface area (Å²) >= 11 is 1.65. The van der Waals surface area contributed by atoms with Crippen LogP contribution in [0, 0.1) is 12.7 Å². The standard InChI is InChI=1S/C21H15FN2OS/c1-13-23-12-21(26-13)15-2-3-16-11-24-19(9-17(16)8-15)10-20(25)14-4-6-18(22)7-5-14/h2-9,11-12H,10H2,1H3. The molecule has 0 spiro atoms. The fourth-order valence-electron chi connectivity index (χ4n) is 2.83. The van der Waals surface area contributed by atoms with E-state index in [9.17, 15) is 9.18 Å². The van der Waals surface area contributed by atoms with Gasteiger partial charge in [-0.2, -0.15) is 0 Å². The fraction of sp³-hybridized carbons (Fsp3) is 0.0952. The molecular formula is C21H15FN2OS. The van der Waals surface area contributed by atoms with Gasteiger partial charge < -0.3 is 0 Å². The van der Waals surface area contributed by atoms with E-state index in [0.717, 1.165) is 26.2 Å². The second kappa shape index (κ2) is 6.77. The Morgan fingerprint density at radius 2 is 1.81 bits per heavy atom. The van der Waals surface area contributed by atoms with Crippen LogP contribution in [0.25, 0.3) is 21.2 Å². The summed E-state index contributed by atoms with van der Waals surface area (Å²) < 4.78 is 13.0. The molecule has 0 aliphatic rings. The minimum Gasteiger partial charge on any atom is -0.294 e. The van der Waals surface area contributed by atoms with Crippen molar-refractivity contribution in [3.8, 4) is 10.4 Å². The Morgan fingerprint density at radius 1 is 1.00 bits per heavy atom. The second-order valence-electron chi connectivity index (χ2n) is 6.09. The smallest absolute Gasteiger partial charge is 0.168 e. The van der Waals surface area contributed by atoms with Crippen LogP contribution in [0.15, 0.2) is 60.9 Å². The maximum absolute atomic E-state index is 13.0. The lowest BCUT2D eigenvalue weighted by atomic mass is 10.0. The predicted molar refractivity (Wildman–Crippen MR) is 102 cm³/mol. The third-order valence-corrected chi connectivity index (χ3v) is 5.15. The molecule has 4 aromatic rings. The van der Waals surface area contributed by atoms with Crippen LogP contribution >= 0.6 is 11.3 Å². The molecule has 0 saturated heterocycles. The van der Waals surface area contributed by atoms with Gasteiger partial charge in [-0.1, -0.05) is 12.1 Å². The number of benzene rings is 2. The first-order valence-corrected chi connectivity index (χ1v) is 9.00. The zero-order valence-electron chi connectivity index (χ0n) is 14.1. The van der Waals surface area contributed by atoms with E-state index in [1.807, 2.05) is 25.3 Å². The van der Waals surface area contributed by atoms with Gasteiger partial charge in [0.05, 0.1) is 16.3 Å². The van der Waals surface area contributed by atoms with E-state index in [4.69, 9.17) is 0 Å². The summed E-state index contributed by atoms with van der Waals surface area (Å²) in [5, 5.41) is 3.08. The number of halogens is 1. The van der Waals surface area contributed by atoms with Gasteiger partial charge in [0.25, 0.3) is 0 Å². The van der Waals surface area contributed by atoms with Crippen LogP contribution in [-0.2, 0) is 6.42 Å². The third-order valence-electron chi connectivity index (χ3n) is 4.19. The SMILES string of the molecule is Cc1ncc(-c2ccc3cnc(CC(=O)c4ccc(F)cc4)cc3c2)s1. The molecule has 0 aliphatic heterocycles. The van der Waals surface area contributed by atoms with E-state index >= 15 is 0 Å². The first-order chi connectivity index (χ1) is 12.6. The molecule has 2 aromatic carbocycles. The molecule has 128 valence electrons. The average molecular weight is 362 g/mol. The molecule has 0 atom stereocenters. The highest BCUT2D eigenvalue weighted by Crippen LogP contribution is 2.28. The molecule has 0 aliphatic carbocycles. The van der Waals surface area contributed by atoms with Crippen LogP contribution in [0.2, 0.25) is 0 Å². The summed E-state index contributed by atoms with van der Waals surface area (Å²) in [6, 6.07) is 13.7. The van der Waals surface area contributed by atoms with Crippen molar-refractivity contribution in [3.63, 3.8) is 0 Å². The Hall–Kier alpha value is -2.92. The highest BCUT2D eigenvalue weighted by atomic mass is 32.1. The number of aromatic nitrogens is 2. The normalized spacial score (nSPS) is 11.0. The lowest BCUT2D eigenvalue weighted by Gasteiger charge is -2.05. The minimum atomic E-state index is -0.351. The maximum atomic E-state index is 13.0. The van der Waals surface area contributed by atoms with Crippen LogP contribution in [0.5, 0.6) is 0 Å². The summed E-state index contributed by atoms with van der Waals surface area (Å²) in [5.41, 5.74) is 2.29. The number of carbonyl (C=O) groups excluding carboxylic acids is 1. The summed E-state index contributed by atoms with van der Waals surface area (Å²) in [7, 11) is 0. The number of nitrogens with zero attached hydrogens (tertiary/aromatic N) is 2. The summed E-state index contributed by atoms with van der Waals surface area (Å²) in [6.45, 7) is 1.98. The summed E-state index contributed by atoms with van der Waals surface area (Å²) in [6.07, 6.45) is 3.84. The van der Waals surface area contributed by atoms with E-state index in [2.05, 4.69) is 22.1 Å². The molecule has 0 unspecified atom stereocenters. The van der Waals surface area contributed by atoms with Gasteiger partial charge in [-0.15, -0.1) is 11.3 Å². The largest absolute Gasteiger partial charge is 0.294 e. The molecule has 0 radical (unpaired) electrons. The number of thiazole rings is 1. The number of carbonyl (C=O) groups is 1. The molecule has 0 saturated carbocycles. The average Bonchev–Trinajstić information content (AvgIpc) is 3.08. The van der Waals surface area contributed by atoms with Crippen molar-refractivity contribution in [3.05, 3.63) is 83.0 Å². The van der Waals surface area contributed by atoms with Crippen molar-refractivity contribution < 1.29 is 9.18 Å². The fourth-order valence-corrected chi connectivity index (χ4v) is 3.61. The van der Waals surface area contributed by atoms with Gasteiger partial charge in [0.2, 0.25) is 0 Å². The van der Waals surface area contributed by atoms with Gasteiger partial charge in [-0.3, -0.25) is 9.78 Å². The summed E-state index contributed by atoms with van der Waals surface area (Å²) in [5.74, 6) is -0.428. The molecule has 2 aromatic heterocycles. The van der Waals surface area contributed by atoms with E-state index in [1.54, 1.807) is 17.5 Å². The Labute approximate surface area is 154 Å². The number of rotatable bonds is 4. The molecular weight excluding hydrogens is 347 g/mol. The number of pyridine rings is 1. The monoisotopic (exact) mass is 362 g/mol. The number of hydrogen-bond acceptors (Lipinski definition) is 4. The van der Waals surface area contributed by atoms with Crippen molar-refractivity contribution in [2.75, 3.05) is 0 Å². The first kappa shape index (κ1) is 16.5. The maximum Gasteiger partial charge on any atom is 0.168 e. The highest BCUT2D eigenvalue weighted by molar-refractivity contribution is 7.15. The zero-order valence-corrected chi connectivity index (χ0v) is 14.9. The van der Waals surface area contributed by atoms with E-state index in [-0.39, 0.29) is 18.0 Å². The molecule has 2 heterocycles. The molecule has 0 N–H and O–H groups in total. The lowest BCUT2D eigenvalue weighted by Crippen LogP contribution is -2.05. The first-order valence-electron chi connectivity index (χ1n) is 8.19. The van der Waals surface area contributed by atoms with Gasteiger partial charge in [-0.25, -0.2) is 9.37 Å². The van der Waals surface area contributed by atoms with Crippen LogP contribution < -0.4 is 0 Å². The molecule has 0 fully saturated rings. The van der Waals surface area contributed by atoms with Crippen molar-refractivity contribution in [1.82, 2.24) is 9.97 Å².